The number of fused-ring (bicyclic) bond motifs is 1. The molecule has 3 saturated carbocycles. The van der Waals surface area contributed by atoms with Crippen molar-refractivity contribution in [3.63, 3.8) is 0 Å². The van der Waals surface area contributed by atoms with Crippen molar-refractivity contribution in [2.45, 2.75) is 90.3 Å². The molecule has 7 unspecified atom stereocenters. The van der Waals surface area contributed by atoms with Crippen molar-refractivity contribution >= 4 is 6.29 Å². The van der Waals surface area contributed by atoms with Crippen LogP contribution < -0.4 is 0 Å². The first-order chi connectivity index (χ1) is 18.4. The smallest absolute Gasteiger partial charge is 0.145 e. The van der Waals surface area contributed by atoms with E-state index in [9.17, 15) is 25.2 Å². The maximum absolute atomic E-state index is 12.8. The van der Waals surface area contributed by atoms with Crippen LogP contribution in [0.15, 0.2) is 70.9 Å². The van der Waals surface area contributed by atoms with E-state index in [1.54, 1.807) is 0 Å². The molecule has 0 heterocycles. The van der Waals surface area contributed by atoms with Crippen molar-refractivity contribution < 1.29 is 25.2 Å². The summed E-state index contributed by atoms with van der Waals surface area (Å²) in [7, 11) is 0. The standard InChI is InChI=1S/C34H48O5/c1-23(2)8-6-9-24(3)10-7-11-27(22-37)28-13-15-33-30-29(25(4)21-36)26(20-31(33,5)38)12-14-32(30,18-19-35)16-17-34(28,33)39/h7-8,10-12,14,21,26,28,30,35,37-39H,3,6,9,13,15-20,22H2,1-2,4-5H3. The molecule has 0 aromatic heterocycles. The summed E-state index contributed by atoms with van der Waals surface area (Å²) in [6.07, 6.45) is 18.3. The van der Waals surface area contributed by atoms with Crippen LogP contribution in [0, 0.1) is 28.6 Å². The summed E-state index contributed by atoms with van der Waals surface area (Å²) in [4.78, 5) is 12.1. The van der Waals surface area contributed by atoms with Crippen LogP contribution in [0.1, 0.15) is 79.1 Å². The van der Waals surface area contributed by atoms with Gasteiger partial charge < -0.3 is 20.4 Å². The molecule has 214 valence electrons. The fraction of sp³-hybridized carbons (Fsp3) is 0.618. The largest absolute Gasteiger partial charge is 0.396 e. The first-order valence-electron chi connectivity index (χ1n) is 14.6. The van der Waals surface area contributed by atoms with E-state index in [0.29, 0.717) is 44.1 Å². The van der Waals surface area contributed by atoms with Gasteiger partial charge in [0.2, 0.25) is 0 Å². The number of hydrogen-bond acceptors (Lipinski definition) is 5. The molecular weight excluding hydrogens is 488 g/mol. The third-order valence-electron chi connectivity index (χ3n) is 10.7. The number of hydrogen-bond donors (Lipinski definition) is 4. The lowest BCUT2D eigenvalue weighted by molar-refractivity contribution is -0.263. The van der Waals surface area contributed by atoms with E-state index in [4.69, 9.17) is 0 Å². The second-order valence-corrected chi connectivity index (χ2v) is 13.1. The molecule has 4 aliphatic carbocycles. The molecule has 0 aromatic carbocycles. The van der Waals surface area contributed by atoms with Crippen LogP contribution >= 0.6 is 0 Å². The number of aliphatic hydroxyl groups is 4. The molecule has 4 aliphatic rings. The van der Waals surface area contributed by atoms with Gasteiger partial charge in [0, 0.05) is 29.8 Å². The molecule has 5 nitrogen and oxygen atoms in total. The van der Waals surface area contributed by atoms with E-state index in [2.05, 4.69) is 38.7 Å². The van der Waals surface area contributed by atoms with Crippen LogP contribution in [0.4, 0.5) is 0 Å². The predicted molar refractivity (Wildman–Crippen MR) is 156 cm³/mol. The summed E-state index contributed by atoms with van der Waals surface area (Å²) in [5.74, 6) is -0.637. The highest BCUT2D eigenvalue weighted by atomic mass is 16.3. The van der Waals surface area contributed by atoms with Crippen molar-refractivity contribution in [3.8, 4) is 0 Å². The maximum atomic E-state index is 12.8. The number of rotatable bonds is 10. The minimum atomic E-state index is -1.26. The molecule has 0 amide bonds. The van der Waals surface area contributed by atoms with Gasteiger partial charge in [0.1, 0.15) is 6.29 Å². The molecule has 7 atom stereocenters. The molecule has 4 rings (SSSR count). The Balaban J connectivity index is 1.76. The zero-order chi connectivity index (χ0) is 28.6. The van der Waals surface area contributed by atoms with Gasteiger partial charge in [-0.25, -0.2) is 0 Å². The first kappa shape index (κ1) is 29.9. The van der Waals surface area contributed by atoms with Crippen LogP contribution in [0.2, 0.25) is 0 Å². The van der Waals surface area contributed by atoms with Gasteiger partial charge >= 0.3 is 0 Å². The maximum Gasteiger partial charge on any atom is 0.145 e. The van der Waals surface area contributed by atoms with Crippen molar-refractivity contribution in [1.82, 2.24) is 0 Å². The first-order valence-corrected chi connectivity index (χ1v) is 14.6. The number of allylic oxidation sites excluding steroid dienone is 10. The Morgan fingerprint density at radius 2 is 1.90 bits per heavy atom. The normalized spacial score (nSPS) is 40.4. The van der Waals surface area contributed by atoms with Crippen molar-refractivity contribution in [3.05, 3.63) is 70.9 Å². The van der Waals surface area contributed by atoms with Gasteiger partial charge in [0.15, 0.2) is 0 Å². The van der Waals surface area contributed by atoms with Crippen LogP contribution in [0.25, 0.3) is 0 Å². The summed E-state index contributed by atoms with van der Waals surface area (Å²) in [5.41, 5.74) is 0.983. The van der Waals surface area contributed by atoms with Crippen molar-refractivity contribution in [2.24, 2.45) is 28.6 Å². The van der Waals surface area contributed by atoms with Gasteiger partial charge in [-0.3, -0.25) is 4.79 Å². The summed E-state index contributed by atoms with van der Waals surface area (Å²) >= 11 is 0. The quantitative estimate of drug-likeness (QED) is 0.127. The summed E-state index contributed by atoms with van der Waals surface area (Å²) in [6.45, 7) is 11.9. The number of carbonyl (C=O) groups is 1. The van der Waals surface area contributed by atoms with Crippen LogP contribution in [0.3, 0.4) is 0 Å². The molecule has 39 heavy (non-hydrogen) atoms. The number of aliphatic hydroxyl groups excluding tert-OH is 2. The highest BCUT2D eigenvalue weighted by molar-refractivity contribution is 5.75. The zero-order valence-electron chi connectivity index (χ0n) is 24.2. The summed E-state index contributed by atoms with van der Waals surface area (Å²) < 4.78 is 0. The Labute approximate surface area is 234 Å². The van der Waals surface area contributed by atoms with Gasteiger partial charge in [-0.1, -0.05) is 59.8 Å². The number of aldehydes is 1. The van der Waals surface area contributed by atoms with Gasteiger partial charge in [0.25, 0.3) is 0 Å². The minimum Gasteiger partial charge on any atom is -0.396 e. The third-order valence-corrected chi connectivity index (χ3v) is 10.7. The fourth-order valence-corrected chi connectivity index (χ4v) is 9.06. The second kappa shape index (κ2) is 11.1. The van der Waals surface area contributed by atoms with Crippen molar-refractivity contribution in [1.29, 1.82) is 0 Å². The Bertz CT molecular complexity index is 1130. The topological polar surface area (TPSA) is 98.0 Å². The zero-order valence-corrected chi connectivity index (χ0v) is 24.2. The lowest BCUT2D eigenvalue weighted by atomic mass is 9.36. The van der Waals surface area contributed by atoms with Gasteiger partial charge in [0.05, 0.1) is 17.8 Å². The lowest BCUT2D eigenvalue weighted by Crippen LogP contribution is -2.72. The average molecular weight is 537 g/mol. The van der Waals surface area contributed by atoms with Crippen LogP contribution in [-0.2, 0) is 4.79 Å². The van der Waals surface area contributed by atoms with E-state index in [1.165, 1.54) is 5.57 Å². The van der Waals surface area contributed by atoms with Gasteiger partial charge in [-0.15, -0.1) is 0 Å². The lowest BCUT2D eigenvalue weighted by Gasteiger charge is -2.70. The van der Waals surface area contributed by atoms with E-state index < -0.39 is 22.0 Å². The van der Waals surface area contributed by atoms with Gasteiger partial charge in [-0.05, 0) is 95.6 Å². The van der Waals surface area contributed by atoms with E-state index in [-0.39, 0.29) is 31.0 Å². The van der Waals surface area contributed by atoms with Crippen LogP contribution in [0.5, 0.6) is 0 Å². The molecule has 1 spiro atoms. The highest BCUT2D eigenvalue weighted by Crippen LogP contribution is 2.76. The molecule has 3 fully saturated rings. The molecule has 0 aromatic rings. The Morgan fingerprint density at radius 1 is 1.15 bits per heavy atom. The number of carbonyl (C=O) groups excluding carboxylic acids is 1. The van der Waals surface area contributed by atoms with E-state index >= 15 is 0 Å². The monoisotopic (exact) mass is 536 g/mol. The molecule has 0 aliphatic heterocycles. The Kier molecular flexibility index (Phi) is 8.50. The second-order valence-electron chi connectivity index (χ2n) is 13.1. The molecule has 0 saturated heterocycles. The highest BCUT2D eigenvalue weighted by Gasteiger charge is 2.77. The molecule has 0 radical (unpaired) electrons. The molecule has 2 bridgehead atoms. The molecule has 5 heteroatoms. The Morgan fingerprint density at radius 3 is 2.54 bits per heavy atom. The Hall–Kier alpha value is -2.05. The molecular formula is C34H48O5. The minimum absolute atomic E-state index is 0.00307. The van der Waals surface area contributed by atoms with Crippen LogP contribution in [-0.4, -0.2) is 51.1 Å². The molecule has 4 N–H and O–H groups in total. The predicted octanol–water partition coefficient (Wildman–Crippen LogP) is 5.53. The van der Waals surface area contributed by atoms with Gasteiger partial charge in [-0.2, -0.15) is 0 Å². The summed E-state index contributed by atoms with van der Waals surface area (Å²) in [6, 6.07) is 0. The SMILES string of the molecule is C=C(C=CC=C(CO)C1CCC23C4C(=C(C)C=O)C(C=CC4(CCO)CCC12O)CC3(C)O)CCC=C(C)C. The van der Waals surface area contributed by atoms with E-state index in [1.807, 2.05) is 32.1 Å². The summed E-state index contributed by atoms with van der Waals surface area (Å²) in [5, 5.41) is 45.7. The third kappa shape index (κ3) is 4.69. The van der Waals surface area contributed by atoms with Crippen molar-refractivity contribution in [2.75, 3.05) is 13.2 Å². The van der Waals surface area contributed by atoms with E-state index in [0.717, 1.165) is 35.8 Å². The average Bonchev–Trinajstić information content (AvgIpc) is 3.20. The fourth-order valence-electron chi connectivity index (χ4n) is 9.06.